The number of hydrogen-bond acceptors (Lipinski definition) is 7. The topological polar surface area (TPSA) is 119 Å². The van der Waals surface area contributed by atoms with Gasteiger partial charge >= 0.3 is 0 Å². The van der Waals surface area contributed by atoms with Crippen molar-refractivity contribution in [2.75, 3.05) is 19.1 Å². The van der Waals surface area contributed by atoms with E-state index in [1.165, 1.54) is 7.11 Å². The minimum atomic E-state index is -3.70. The van der Waals surface area contributed by atoms with E-state index in [2.05, 4.69) is 12.2 Å². The number of sulfonamides is 1. The van der Waals surface area contributed by atoms with Crippen molar-refractivity contribution in [1.29, 1.82) is 0 Å². The van der Waals surface area contributed by atoms with Gasteiger partial charge in [0.05, 0.1) is 30.1 Å². The van der Waals surface area contributed by atoms with Gasteiger partial charge in [-0.25, -0.2) is 16.8 Å². The van der Waals surface area contributed by atoms with Gasteiger partial charge in [-0.2, -0.15) is 0 Å². The quantitative estimate of drug-likeness (QED) is 0.477. The van der Waals surface area contributed by atoms with Crippen molar-refractivity contribution in [3.63, 3.8) is 0 Å². The highest BCUT2D eigenvalue weighted by Crippen LogP contribution is 2.41. The molecule has 0 saturated carbocycles. The van der Waals surface area contributed by atoms with Crippen molar-refractivity contribution >= 4 is 25.8 Å². The number of carbonyl (C=O) groups is 1. The molecular formula is C26H36N2O6S2. The van der Waals surface area contributed by atoms with Crippen molar-refractivity contribution < 1.29 is 26.4 Å². The third-order valence-corrected chi connectivity index (χ3v) is 9.27. The predicted octanol–water partition coefficient (Wildman–Crippen LogP) is 3.51. The number of methoxy groups -OCH3 is 1. The Kier molecular flexibility index (Phi) is 8.84. The van der Waals surface area contributed by atoms with Crippen LogP contribution < -0.4 is 14.8 Å². The van der Waals surface area contributed by atoms with Crippen LogP contribution in [0.15, 0.2) is 47.4 Å². The zero-order valence-corrected chi connectivity index (χ0v) is 23.0. The molecule has 1 heterocycles. The van der Waals surface area contributed by atoms with Crippen LogP contribution in [0.1, 0.15) is 68.7 Å². The molecule has 2 N–H and O–H groups in total. The van der Waals surface area contributed by atoms with Crippen molar-refractivity contribution in [2.24, 2.45) is 0 Å². The molecule has 0 spiro atoms. The summed E-state index contributed by atoms with van der Waals surface area (Å²) in [5, 5.41) is 3.72. The van der Waals surface area contributed by atoms with Crippen LogP contribution in [0.25, 0.3) is 0 Å². The number of unbranched alkanes of at least 4 members (excludes halogenated alkanes) is 1. The number of hydrogen-bond donors (Lipinski definition) is 2. The average molecular weight is 537 g/mol. The third-order valence-electron chi connectivity index (χ3n) is 6.71. The van der Waals surface area contributed by atoms with Gasteiger partial charge in [-0.1, -0.05) is 57.0 Å². The second-order valence-electron chi connectivity index (χ2n) is 9.48. The van der Waals surface area contributed by atoms with Crippen LogP contribution in [0.3, 0.4) is 0 Å². The second kappa shape index (κ2) is 11.3. The molecule has 1 aliphatic rings. The third kappa shape index (κ3) is 6.66. The fourth-order valence-electron chi connectivity index (χ4n) is 4.82. The van der Waals surface area contributed by atoms with Crippen molar-refractivity contribution in [2.45, 2.75) is 68.8 Å². The lowest BCUT2D eigenvalue weighted by Crippen LogP contribution is -2.50. The lowest BCUT2D eigenvalue weighted by molar-refractivity contribution is -0.119. The Balaban J connectivity index is 2.13. The number of aryl methyl sites for hydroxylation is 1. The van der Waals surface area contributed by atoms with Crippen molar-refractivity contribution in [3.05, 3.63) is 59.2 Å². The van der Waals surface area contributed by atoms with E-state index < -0.39 is 31.3 Å². The summed E-state index contributed by atoms with van der Waals surface area (Å²) in [4.78, 5) is 12.3. The Labute approximate surface area is 214 Å². The summed E-state index contributed by atoms with van der Waals surface area (Å²) in [6, 6.07) is 12.7. The van der Waals surface area contributed by atoms with Gasteiger partial charge in [-0.3, -0.25) is 14.8 Å². The molecule has 1 aliphatic heterocycles. The number of ether oxygens (including phenoxy) is 1. The standard InChI is InChI=1S/C26H36N2O6S2/c1-5-7-15-26(6-2)18-36(32,33)23-16-20(13-14-24(29)28-35(4,30)31)22(34-3)17-21(23)25(27-26)19-11-9-8-10-12-19/h8-12,16-17,25,27H,5-7,13-15,18H2,1-4H3,(H,28,29)/t25-,26-/m1/s1. The minimum absolute atomic E-state index is 0.0346. The van der Waals surface area contributed by atoms with Crippen LogP contribution in [0, 0.1) is 0 Å². The van der Waals surface area contributed by atoms with E-state index in [9.17, 15) is 21.6 Å². The molecule has 198 valence electrons. The van der Waals surface area contributed by atoms with E-state index in [1.54, 1.807) is 12.1 Å². The first-order valence-electron chi connectivity index (χ1n) is 12.2. The van der Waals surface area contributed by atoms with E-state index in [1.807, 2.05) is 42.0 Å². The summed E-state index contributed by atoms with van der Waals surface area (Å²) in [7, 11) is -5.88. The molecule has 0 aromatic heterocycles. The molecule has 1 amide bonds. The fraction of sp³-hybridized carbons (Fsp3) is 0.500. The summed E-state index contributed by atoms with van der Waals surface area (Å²) < 4.78 is 58.0. The Morgan fingerprint density at radius 3 is 2.47 bits per heavy atom. The molecule has 2 aromatic carbocycles. The number of rotatable bonds is 10. The molecule has 2 atom stereocenters. The van der Waals surface area contributed by atoms with E-state index in [4.69, 9.17) is 4.74 Å². The molecule has 0 radical (unpaired) electrons. The minimum Gasteiger partial charge on any atom is -0.496 e. The normalized spacial score (nSPS) is 21.3. The van der Waals surface area contributed by atoms with Crippen LogP contribution in [-0.4, -0.2) is 47.4 Å². The average Bonchev–Trinajstić information content (AvgIpc) is 2.92. The highest BCUT2D eigenvalue weighted by Gasteiger charge is 2.42. The van der Waals surface area contributed by atoms with Gasteiger partial charge in [0, 0.05) is 12.0 Å². The maximum absolute atomic E-state index is 13.8. The van der Waals surface area contributed by atoms with Crippen LogP contribution in [-0.2, 0) is 31.1 Å². The van der Waals surface area contributed by atoms with Crippen LogP contribution in [0.4, 0.5) is 0 Å². The molecular weight excluding hydrogens is 500 g/mol. The van der Waals surface area contributed by atoms with Crippen molar-refractivity contribution in [3.8, 4) is 5.75 Å². The van der Waals surface area contributed by atoms with Gasteiger partial charge in [-0.15, -0.1) is 0 Å². The highest BCUT2D eigenvalue weighted by molar-refractivity contribution is 7.91. The van der Waals surface area contributed by atoms with Gasteiger partial charge in [-0.05, 0) is 48.1 Å². The number of fused-ring (bicyclic) bond motifs is 1. The molecule has 10 heteroatoms. The van der Waals surface area contributed by atoms with Crippen molar-refractivity contribution in [1.82, 2.24) is 10.0 Å². The molecule has 0 fully saturated rings. The largest absolute Gasteiger partial charge is 0.496 e. The molecule has 8 nitrogen and oxygen atoms in total. The zero-order chi connectivity index (χ0) is 26.6. The maximum Gasteiger partial charge on any atom is 0.233 e. The van der Waals surface area contributed by atoms with E-state index in [-0.39, 0.29) is 29.5 Å². The summed E-state index contributed by atoms with van der Waals surface area (Å²) in [5.74, 6) is -0.241. The maximum atomic E-state index is 13.8. The van der Waals surface area contributed by atoms with E-state index >= 15 is 0 Å². The molecule has 0 aliphatic carbocycles. The second-order valence-corrected chi connectivity index (χ2v) is 13.2. The number of nitrogens with one attached hydrogen (secondary N) is 2. The van der Waals surface area contributed by atoms with Gasteiger partial charge in [0.25, 0.3) is 0 Å². The first-order chi connectivity index (χ1) is 16.9. The predicted molar refractivity (Wildman–Crippen MR) is 140 cm³/mol. The number of benzene rings is 2. The first-order valence-corrected chi connectivity index (χ1v) is 15.7. The van der Waals surface area contributed by atoms with Gasteiger partial charge in [0.2, 0.25) is 15.9 Å². The Morgan fingerprint density at radius 2 is 1.89 bits per heavy atom. The van der Waals surface area contributed by atoms with E-state index in [0.29, 0.717) is 23.3 Å². The Bertz CT molecular complexity index is 1290. The molecule has 0 bridgehead atoms. The molecule has 3 rings (SSSR count). The zero-order valence-electron chi connectivity index (χ0n) is 21.3. The van der Waals surface area contributed by atoms with Gasteiger partial charge in [0.15, 0.2) is 9.84 Å². The van der Waals surface area contributed by atoms with Gasteiger partial charge in [0.1, 0.15) is 5.75 Å². The first kappa shape index (κ1) is 28.1. The summed E-state index contributed by atoms with van der Waals surface area (Å²) >= 11 is 0. The Morgan fingerprint density at radius 1 is 1.19 bits per heavy atom. The lowest BCUT2D eigenvalue weighted by Gasteiger charge is -2.36. The van der Waals surface area contributed by atoms with Gasteiger partial charge < -0.3 is 4.74 Å². The molecule has 2 aromatic rings. The smallest absolute Gasteiger partial charge is 0.233 e. The SMILES string of the molecule is CCCC[C@]1(CC)CS(=O)(=O)c2cc(CCC(=O)NS(C)(=O)=O)c(OC)cc2[C@@H](c2ccccc2)N1. The summed E-state index contributed by atoms with van der Waals surface area (Å²) in [6.07, 6.45) is 4.16. The lowest BCUT2D eigenvalue weighted by atomic mass is 9.87. The number of carbonyl (C=O) groups excluding carboxylic acids is 1. The molecule has 36 heavy (non-hydrogen) atoms. The van der Waals surface area contributed by atoms with E-state index in [0.717, 1.165) is 31.1 Å². The fourth-order valence-corrected chi connectivity index (χ4v) is 7.51. The number of sulfone groups is 1. The highest BCUT2D eigenvalue weighted by atomic mass is 32.2. The monoisotopic (exact) mass is 536 g/mol. The number of amides is 1. The molecule has 0 unspecified atom stereocenters. The summed E-state index contributed by atoms with van der Waals surface area (Å²) in [5.41, 5.74) is 1.49. The Hall–Kier alpha value is -2.43. The molecule has 0 saturated heterocycles. The van der Waals surface area contributed by atoms with Crippen LogP contribution in [0.5, 0.6) is 5.75 Å². The van der Waals surface area contributed by atoms with Crippen LogP contribution in [0.2, 0.25) is 0 Å². The summed E-state index contributed by atoms with van der Waals surface area (Å²) in [6.45, 7) is 4.11. The van der Waals surface area contributed by atoms with Crippen LogP contribution >= 0.6 is 0 Å².